The molecule has 3 nitrogen and oxygen atoms in total. The maximum atomic E-state index is 9.25. The van der Waals surface area contributed by atoms with Crippen LogP contribution in [0, 0.1) is 18.3 Å². The minimum atomic E-state index is 0.842. The molecule has 0 atom stereocenters. The molecule has 0 spiro atoms. The second-order valence-electron chi connectivity index (χ2n) is 4.05. The lowest BCUT2D eigenvalue weighted by Crippen LogP contribution is -1.95. The Bertz CT molecular complexity index is 608. The van der Waals surface area contributed by atoms with Gasteiger partial charge >= 0.3 is 0 Å². The van der Waals surface area contributed by atoms with Gasteiger partial charge in [-0.05, 0) is 24.6 Å². The van der Waals surface area contributed by atoms with Gasteiger partial charge in [-0.2, -0.15) is 5.26 Å². The number of nitriles is 1. The zero-order valence-electron chi connectivity index (χ0n) is 9.47. The van der Waals surface area contributed by atoms with Gasteiger partial charge in [-0.25, -0.2) is 0 Å². The molecule has 0 amide bonds. The summed E-state index contributed by atoms with van der Waals surface area (Å²) < 4.78 is 2.25. The summed E-state index contributed by atoms with van der Waals surface area (Å²) in [6.45, 7) is 2.02. The highest BCUT2D eigenvalue weighted by Gasteiger charge is 2.24. The van der Waals surface area contributed by atoms with E-state index in [2.05, 4.69) is 15.6 Å². The molecule has 0 N–H and O–H groups in total. The molecule has 84 valence electrons. The molecular formula is C13H11N3S. The van der Waals surface area contributed by atoms with Crippen LogP contribution in [0.1, 0.15) is 16.8 Å². The first-order valence-electron chi connectivity index (χ1n) is 5.43. The highest BCUT2D eigenvalue weighted by atomic mass is 32.2. The summed E-state index contributed by atoms with van der Waals surface area (Å²) in [5, 5.41) is 9.25. The van der Waals surface area contributed by atoms with Gasteiger partial charge in [-0.1, -0.05) is 0 Å². The van der Waals surface area contributed by atoms with E-state index in [1.807, 2.05) is 37.0 Å². The maximum Gasteiger partial charge on any atom is 0.101 e. The summed E-state index contributed by atoms with van der Waals surface area (Å²) in [6.07, 6.45) is 3.63. The maximum absolute atomic E-state index is 9.25. The molecule has 0 radical (unpaired) electrons. The molecule has 17 heavy (non-hydrogen) atoms. The predicted octanol–water partition coefficient (Wildman–Crippen LogP) is 2.93. The Hall–Kier alpha value is -1.73. The summed E-state index contributed by atoms with van der Waals surface area (Å²) >= 11 is 1.85. The number of thioether (sulfide) groups is 1. The number of hydrogen-bond acceptors (Lipinski definition) is 3. The van der Waals surface area contributed by atoms with Crippen LogP contribution in [0.5, 0.6) is 0 Å². The van der Waals surface area contributed by atoms with Crippen molar-refractivity contribution in [2.45, 2.75) is 18.6 Å². The molecule has 4 heteroatoms. The van der Waals surface area contributed by atoms with Crippen LogP contribution in [0.2, 0.25) is 0 Å². The number of aromatic nitrogens is 2. The number of nitrogens with zero attached hydrogens (tertiary/aromatic N) is 3. The lowest BCUT2D eigenvalue weighted by atomic mass is 10.1. The average Bonchev–Trinajstić information content (AvgIpc) is 2.89. The van der Waals surface area contributed by atoms with E-state index < -0.39 is 0 Å². The largest absolute Gasteiger partial charge is 0.332 e. The second-order valence-corrected chi connectivity index (χ2v) is 5.01. The lowest BCUT2D eigenvalue weighted by molar-refractivity contribution is 0.893. The smallest absolute Gasteiger partial charge is 0.101 e. The van der Waals surface area contributed by atoms with Gasteiger partial charge in [0.05, 0.1) is 17.1 Å². The van der Waals surface area contributed by atoms with E-state index in [0.717, 1.165) is 39.7 Å². The van der Waals surface area contributed by atoms with Crippen LogP contribution >= 0.6 is 11.8 Å². The molecule has 0 aromatic carbocycles. The van der Waals surface area contributed by atoms with E-state index in [9.17, 15) is 5.26 Å². The monoisotopic (exact) mass is 241 g/mol. The fourth-order valence-electron chi connectivity index (χ4n) is 2.36. The first kappa shape index (κ1) is 10.4. The van der Waals surface area contributed by atoms with Crippen molar-refractivity contribution in [3.8, 4) is 17.3 Å². The summed E-state index contributed by atoms with van der Waals surface area (Å²) in [7, 11) is 0. The van der Waals surface area contributed by atoms with Crippen molar-refractivity contribution in [2.24, 2.45) is 0 Å². The van der Waals surface area contributed by atoms with Gasteiger partial charge in [-0.3, -0.25) is 4.98 Å². The Morgan fingerprint density at radius 2 is 2.41 bits per heavy atom. The van der Waals surface area contributed by atoms with Crippen LogP contribution in [-0.4, -0.2) is 9.55 Å². The van der Waals surface area contributed by atoms with Crippen LogP contribution < -0.4 is 0 Å². The fourth-order valence-corrected chi connectivity index (χ4v) is 3.41. The van der Waals surface area contributed by atoms with Crippen LogP contribution in [-0.2, 0) is 11.6 Å². The third-order valence-electron chi connectivity index (χ3n) is 3.12. The molecule has 2 aromatic rings. The molecule has 1 aliphatic rings. The van der Waals surface area contributed by atoms with Crippen molar-refractivity contribution in [2.75, 3.05) is 0 Å². The normalized spacial score (nSPS) is 13.4. The molecule has 0 unspecified atom stereocenters. The summed E-state index contributed by atoms with van der Waals surface area (Å²) in [4.78, 5) is 4.16. The van der Waals surface area contributed by atoms with Crippen molar-refractivity contribution in [1.82, 2.24) is 9.55 Å². The molecule has 2 aromatic heterocycles. The Morgan fingerprint density at radius 1 is 1.53 bits per heavy atom. The summed E-state index contributed by atoms with van der Waals surface area (Å²) in [5.74, 6) is 1.87. The van der Waals surface area contributed by atoms with E-state index in [1.54, 1.807) is 6.20 Å². The predicted molar refractivity (Wildman–Crippen MR) is 68.4 cm³/mol. The van der Waals surface area contributed by atoms with Crippen LogP contribution in [0.4, 0.5) is 0 Å². The molecule has 0 bridgehead atoms. The molecule has 0 aliphatic carbocycles. The number of pyridine rings is 1. The van der Waals surface area contributed by atoms with Crippen LogP contribution in [0.15, 0.2) is 24.5 Å². The van der Waals surface area contributed by atoms with Crippen molar-refractivity contribution in [3.63, 3.8) is 0 Å². The van der Waals surface area contributed by atoms with Gasteiger partial charge in [0.15, 0.2) is 0 Å². The molecule has 3 rings (SSSR count). The molecule has 1 aliphatic heterocycles. The van der Waals surface area contributed by atoms with Crippen molar-refractivity contribution in [3.05, 3.63) is 41.3 Å². The molecule has 0 saturated heterocycles. The van der Waals surface area contributed by atoms with Gasteiger partial charge in [-0.15, -0.1) is 11.8 Å². The first-order chi connectivity index (χ1) is 8.33. The number of hydrogen-bond donors (Lipinski definition) is 0. The third kappa shape index (κ3) is 1.47. The summed E-state index contributed by atoms with van der Waals surface area (Å²) in [5.41, 5.74) is 5.32. The Labute approximate surface area is 104 Å². The molecule has 0 fully saturated rings. The molecule has 3 heterocycles. The summed E-state index contributed by atoms with van der Waals surface area (Å²) in [6, 6.07) is 6.31. The zero-order valence-corrected chi connectivity index (χ0v) is 10.3. The van der Waals surface area contributed by atoms with E-state index in [4.69, 9.17) is 0 Å². The van der Waals surface area contributed by atoms with Gasteiger partial charge < -0.3 is 4.57 Å². The van der Waals surface area contributed by atoms with Gasteiger partial charge in [0.2, 0.25) is 0 Å². The SMILES string of the molecule is Cc1c(C#N)c2n(c1-c1cccnc1)CSC2. The van der Waals surface area contributed by atoms with Crippen molar-refractivity contribution in [1.29, 1.82) is 5.26 Å². The van der Waals surface area contributed by atoms with E-state index in [0.29, 0.717) is 0 Å². The second kappa shape index (κ2) is 3.94. The quantitative estimate of drug-likeness (QED) is 0.770. The van der Waals surface area contributed by atoms with Gasteiger partial charge in [0.25, 0.3) is 0 Å². The standard InChI is InChI=1S/C13H11N3S/c1-9-11(5-14)12-7-17-8-16(12)13(9)10-3-2-4-15-6-10/h2-4,6H,7-8H2,1H3. The zero-order chi connectivity index (χ0) is 11.8. The fraction of sp³-hybridized carbons (Fsp3) is 0.231. The van der Waals surface area contributed by atoms with E-state index >= 15 is 0 Å². The number of fused-ring (bicyclic) bond motifs is 1. The third-order valence-corrected chi connectivity index (χ3v) is 4.04. The Balaban J connectivity index is 2.29. The van der Waals surface area contributed by atoms with Crippen molar-refractivity contribution >= 4 is 11.8 Å². The van der Waals surface area contributed by atoms with Crippen LogP contribution in [0.25, 0.3) is 11.3 Å². The minimum absolute atomic E-state index is 0.842. The highest BCUT2D eigenvalue weighted by Crippen LogP contribution is 2.37. The Morgan fingerprint density at radius 3 is 3.12 bits per heavy atom. The highest BCUT2D eigenvalue weighted by molar-refractivity contribution is 7.97. The van der Waals surface area contributed by atoms with Gasteiger partial charge in [0.1, 0.15) is 6.07 Å². The van der Waals surface area contributed by atoms with Gasteiger partial charge in [0, 0.05) is 29.4 Å². The van der Waals surface area contributed by atoms with Crippen LogP contribution in [0.3, 0.4) is 0 Å². The first-order valence-corrected chi connectivity index (χ1v) is 6.58. The number of rotatable bonds is 1. The minimum Gasteiger partial charge on any atom is -0.332 e. The van der Waals surface area contributed by atoms with E-state index in [-0.39, 0.29) is 0 Å². The topological polar surface area (TPSA) is 41.6 Å². The average molecular weight is 241 g/mol. The van der Waals surface area contributed by atoms with Crippen molar-refractivity contribution < 1.29 is 0 Å². The lowest BCUT2D eigenvalue weighted by Gasteiger charge is -2.06. The Kier molecular flexibility index (Phi) is 2.41. The van der Waals surface area contributed by atoms with E-state index in [1.165, 1.54) is 0 Å². The molecular weight excluding hydrogens is 230 g/mol. The molecule has 0 saturated carbocycles.